The largest absolute Gasteiger partial charge is 0.388 e. The van der Waals surface area contributed by atoms with Gasteiger partial charge in [0.05, 0.1) is 6.10 Å². The van der Waals surface area contributed by atoms with Crippen LogP contribution in [0, 0.1) is 13.8 Å². The van der Waals surface area contributed by atoms with Crippen LogP contribution >= 0.6 is 0 Å². The van der Waals surface area contributed by atoms with Crippen LogP contribution in [0.2, 0.25) is 0 Å². The second-order valence-corrected chi connectivity index (χ2v) is 6.32. The Balaban J connectivity index is 2.31. The molecule has 1 nitrogen and oxygen atoms in total. The lowest BCUT2D eigenvalue weighted by Gasteiger charge is -2.21. The maximum Gasteiger partial charge on any atom is 0.0799 e. The third-order valence-electron chi connectivity index (χ3n) is 4.70. The number of hydrogen-bond donors (Lipinski definition) is 1. The molecule has 0 saturated heterocycles. The molecule has 0 aliphatic rings. The third-order valence-corrected chi connectivity index (χ3v) is 4.70. The maximum atomic E-state index is 10.8. The van der Waals surface area contributed by atoms with Crippen LogP contribution in [-0.2, 0) is 0 Å². The molecule has 0 bridgehead atoms. The van der Waals surface area contributed by atoms with Crippen molar-refractivity contribution in [3.05, 3.63) is 83.4 Å². The van der Waals surface area contributed by atoms with Gasteiger partial charge in [-0.1, -0.05) is 73.7 Å². The number of aliphatic hydroxyl groups excluding tert-OH is 1. The highest BCUT2D eigenvalue weighted by atomic mass is 16.3. The Kier molecular flexibility index (Phi) is 4.82. The van der Waals surface area contributed by atoms with E-state index < -0.39 is 6.10 Å². The van der Waals surface area contributed by atoms with Gasteiger partial charge in [-0.05, 0) is 59.2 Å². The van der Waals surface area contributed by atoms with Crippen LogP contribution in [0.1, 0.15) is 36.1 Å². The molecule has 0 heterocycles. The molecule has 122 valence electrons. The summed E-state index contributed by atoms with van der Waals surface area (Å²) in [6.45, 7) is 6.27. The zero-order valence-corrected chi connectivity index (χ0v) is 14.6. The molecule has 3 aromatic carbocycles. The Morgan fingerprint density at radius 2 is 1.08 bits per heavy atom. The maximum absolute atomic E-state index is 10.8. The van der Waals surface area contributed by atoms with Gasteiger partial charge in [0.1, 0.15) is 0 Å². The van der Waals surface area contributed by atoms with Crippen LogP contribution in [0.5, 0.6) is 0 Å². The molecule has 0 aromatic heterocycles. The molecule has 0 amide bonds. The van der Waals surface area contributed by atoms with Gasteiger partial charge in [0.2, 0.25) is 0 Å². The molecular weight excluding hydrogens is 292 g/mol. The molecule has 0 saturated carbocycles. The van der Waals surface area contributed by atoms with Crippen molar-refractivity contribution in [2.24, 2.45) is 0 Å². The standard InChI is InChI=1S/C23H24O/c1-4-22(24)23-20(18-12-7-5-10-16(18)2)14-9-15-21(23)19-13-8-6-11-17(19)3/h5-15,22,24H,4H2,1-3H3/t22-/m0/s1. The average Bonchev–Trinajstić information content (AvgIpc) is 2.61. The molecule has 1 atom stereocenters. The summed E-state index contributed by atoms with van der Waals surface area (Å²) < 4.78 is 0. The van der Waals surface area contributed by atoms with Crippen molar-refractivity contribution in [2.45, 2.75) is 33.3 Å². The van der Waals surface area contributed by atoms with Gasteiger partial charge in [0.15, 0.2) is 0 Å². The van der Waals surface area contributed by atoms with Gasteiger partial charge in [0.25, 0.3) is 0 Å². The summed E-state index contributed by atoms with van der Waals surface area (Å²) in [5, 5.41) is 10.8. The van der Waals surface area contributed by atoms with E-state index in [1.54, 1.807) is 0 Å². The Bertz CT molecular complexity index is 784. The van der Waals surface area contributed by atoms with Crippen LogP contribution < -0.4 is 0 Å². The van der Waals surface area contributed by atoms with Gasteiger partial charge in [-0.3, -0.25) is 0 Å². The molecule has 1 N–H and O–H groups in total. The van der Waals surface area contributed by atoms with Gasteiger partial charge in [-0.15, -0.1) is 0 Å². The lowest BCUT2D eigenvalue weighted by Crippen LogP contribution is -2.03. The number of rotatable bonds is 4. The molecule has 1 heteroatoms. The van der Waals surface area contributed by atoms with Crippen molar-refractivity contribution in [2.75, 3.05) is 0 Å². The summed E-state index contributed by atoms with van der Waals surface area (Å²) in [5.41, 5.74) is 8.12. The summed E-state index contributed by atoms with van der Waals surface area (Å²) in [5.74, 6) is 0. The topological polar surface area (TPSA) is 20.2 Å². The SMILES string of the molecule is CC[C@H](O)c1c(-c2ccccc2C)cccc1-c1ccccc1C. The molecule has 3 rings (SSSR count). The minimum Gasteiger partial charge on any atom is -0.388 e. The van der Waals surface area contributed by atoms with E-state index in [9.17, 15) is 5.11 Å². The number of benzene rings is 3. The van der Waals surface area contributed by atoms with E-state index in [1.807, 2.05) is 6.92 Å². The number of aliphatic hydroxyl groups is 1. The van der Waals surface area contributed by atoms with Gasteiger partial charge < -0.3 is 5.11 Å². The zero-order valence-electron chi connectivity index (χ0n) is 14.6. The van der Waals surface area contributed by atoms with E-state index in [-0.39, 0.29) is 0 Å². The third kappa shape index (κ3) is 3.00. The molecule has 0 aliphatic heterocycles. The highest BCUT2D eigenvalue weighted by molar-refractivity contribution is 5.81. The highest BCUT2D eigenvalue weighted by Crippen LogP contribution is 2.39. The highest BCUT2D eigenvalue weighted by Gasteiger charge is 2.19. The first-order valence-corrected chi connectivity index (χ1v) is 8.56. The Morgan fingerprint density at radius 3 is 1.50 bits per heavy atom. The zero-order chi connectivity index (χ0) is 17.1. The molecule has 0 unspecified atom stereocenters. The predicted octanol–water partition coefficient (Wildman–Crippen LogP) is 6.08. The molecule has 0 aliphatic carbocycles. The van der Waals surface area contributed by atoms with Crippen LogP contribution in [0.3, 0.4) is 0 Å². The monoisotopic (exact) mass is 316 g/mol. The van der Waals surface area contributed by atoms with Gasteiger partial charge in [0, 0.05) is 0 Å². The fourth-order valence-electron chi connectivity index (χ4n) is 3.35. The van der Waals surface area contributed by atoms with Gasteiger partial charge in [-0.2, -0.15) is 0 Å². The van der Waals surface area contributed by atoms with E-state index in [2.05, 4.69) is 80.6 Å². The fraction of sp³-hybridized carbons (Fsp3) is 0.217. The van der Waals surface area contributed by atoms with Crippen LogP contribution in [0.4, 0.5) is 0 Å². The minimum atomic E-state index is -0.476. The van der Waals surface area contributed by atoms with Crippen molar-refractivity contribution < 1.29 is 5.11 Å². The Labute approximate surface area is 144 Å². The number of hydrogen-bond acceptors (Lipinski definition) is 1. The van der Waals surface area contributed by atoms with E-state index in [0.717, 1.165) is 16.7 Å². The first-order chi connectivity index (χ1) is 11.6. The Morgan fingerprint density at radius 1 is 0.667 bits per heavy atom. The summed E-state index contributed by atoms with van der Waals surface area (Å²) in [4.78, 5) is 0. The van der Waals surface area contributed by atoms with E-state index >= 15 is 0 Å². The van der Waals surface area contributed by atoms with Crippen LogP contribution in [0.25, 0.3) is 22.3 Å². The number of aryl methyl sites for hydroxylation is 2. The van der Waals surface area contributed by atoms with Crippen LogP contribution in [0.15, 0.2) is 66.7 Å². The average molecular weight is 316 g/mol. The minimum absolute atomic E-state index is 0.476. The van der Waals surface area contributed by atoms with Gasteiger partial charge in [-0.25, -0.2) is 0 Å². The predicted molar refractivity (Wildman–Crippen MR) is 102 cm³/mol. The van der Waals surface area contributed by atoms with Gasteiger partial charge >= 0.3 is 0 Å². The van der Waals surface area contributed by atoms with Crippen LogP contribution in [-0.4, -0.2) is 5.11 Å². The van der Waals surface area contributed by atoms with Crippen molar-refractivity contribution in [1.82, 2.24) is 0 Å². The molecule has 0 radical (unpaired) electrons. The van der Waals surface area contributed by atoms with E-state index in [4.69, 9.17) is 0 Å². The smallest absolute Gasteiger partial charge is 0.0799 e. The van der Waals surface area contributed by atoms with Crippen molar-refractivity contribution in [1.29, 1.82) is 0 Å². The molecular formula is C23H24O. The first kappa shape index (κ1) is 16.5. The van der Waals surface area contributed by atoms with Crippen molar-refractivity contribution in [3.8, 4) is 22.3 Å². The lowest BCUT2D eigenvalue weighted by molar-refractivity contribution is 0.175. The van der Waals surface area contributed by atoms with Crippen molar-refractivity contribution in [3.63, 3.8) is 0 Å². The lowest BCUT2D eigenvalue weighted by atomic mass is 9.85. The molecule has 0 spiro atoms. The first-order valence-electron chi connectivity index (χ1n) is 8.56. The normalized spacial score (nSPS) is 12.2. The van der Waals surface area contributed by atoms with E-state index in [0.29, 0.717) is 6.42 Å². The molecule has 0 fully saturated rings. The summed E-state index contributed by atoms with van der Waals surface area (Å²) in [6.07, 6.45) is 0.220. The second kappa shape index (κ2) is 7.02. The van der Waals surface area contributed by atoms with Crippen molar-refractivity contribution >= 4 is 0 Å². The molecule has 3 aromatic rings. The molecule has 24 heavy (non-hydrogen) atoms. The second-order valence-electron chi connectivity index (χ2n) is 6.32. The summed E-state index contributed by atoms with van der Waals surface area (Å²) in [6, 6.07) is 23.1. The van der Waals surface area contributed by atoms with E-state index in [1.165, 1.54) is 22.3 Å². The fourth-order valence-corrected chi connectivity index (χ4v) is 3.35. The quantitative estimate of drug-likeness (QED) is 0.618. The Hall–Kier alpha value is -2.38. The summed E-state index contributed by atoms with van der Waals surface area (Å²) >= 11 is 0. The summed E-state index contributed by atoms with van der Waals surface area (Å²) in [7, 11) is 0.